The Morgan fingerprint density at radius 2 is 1.79 bits per heavy atom. The number of carbonyl (C=O) groups excluding carboxylic acids is 1. The minimum absolute atomic E-state index is 0.0350. The third kappa shape index (κ3) is 3.69. The zero-order valence-corrected chi connectivity index (χ0v) is 11.8. The summed E-state index contributed by atoms with van der Waals surface area (Å²) in [5.41, 5.74) is -0.285. The van der Waals surface area contributed by atoms with Crippen molar-refractivity contribution in [2.24, 2.45) is 17.3 Å². The number of carbonyl (C=O) groups is 2. The molecular weight excluding hydrogens is 246 g/mol. The second-order valence-electron chi connectivity index (χ2n) is 5.57. The van der Waals surface area contributed by atoms with Gasteiger partial charge in [0.05, 0.1) is 18.4 Å². The normalized spacial score (nSPS) is 23.3. The molecule has 1 aliphatic rings. The van der Waals surface area contributed by atoms with Crippen molar-refractivity contribution in [1.29, 1.82) is 0 Å². The van der Waals surface area contributed by atoms with Crippen LogP contribution in [0.4, 0.5) is 0 Å². The molecule has 1 saturated carbocycles. The zero-order valence-electron chi connectivity index (χ0n) is 11.8. The van der Waals surface area contributed by atoms with Crippen LogP contribution in [0, 0.1) is 17.3 Å². The molecule has 0 unspecified atom stereocenters. The van der Waals surface area contributed by atoms with E-state index in [2.05, 4.69) is 5.32 Å². The molecule has 19 heavy (non-hydrogen) atoms. The van der Waals surface area contributed by atoms with E-state index >= 15 is 0 Å². The second kappa shape index (κ2) is 6.89. The Kier molecular flexibility index (Phi) is 5.79. The van der Waals surface area contributed by atoms with Gasteiger partial charge in [0.1, 0.15) is 0 Å². The fourth-order valence-corrected chi connectivity index (χ4v) is 2.75. The van der Waals surface area contributed by atoms with Gasteiger partial charge in [0, 0.05) is 12.0 Å². The van der Waals surface area contributed by atoms with Gasteiger partial charge in [0.25, 0.3) is 0 Å². The SMILES string of the molecule is CCC(CC)(CO)CNC(=O)[C@@H]1CCC[C@@H]1C(=O)O. The van der Waals surface area contributed by atoms with Crippen LogP contribution in [-0.2, 0) is 9.59 Å². The molecule has 3 N–H and O–H groups in total. The summed E-state index contributed by atoms with van der Waals surface area (Å²) in [5.74, 6) is -2.02. The summed E-state index contributed by atoms with van der Waals surface area (Å²) in [6, 6.07) is 0. The summed E-state index contributed by atoms with van der Waals surface area (Å²) >= 11 is 0. The first-order valence-corrected chi connectivity index (χ1v) is 7.11. The largest absolute Gasteiger partial charge is 0.481 e. The third-order valence-electron chi connectivity index (χ3n) is 4.64. The Labute approximate surface area is 114 Å². The van der Waals surface area contributed by atoms with Crippen molar-refractivity contribution in [3.63, 3.8) is 0 Å². The van der Waals surface area contributed by atoms with E-state index in [1.165, 1.54) is 0 Å². The molecule has 0 heterocycles. The Bertz CT molecular complexity index is 317. The van der Waals surface area contributed by atoms with Crippen LogP contribution in [-0.4, -0.2) is 35.2 Å². The molecule has 0 aromatic carbocycles. The molecule has 0 aliphatic heterocycles. The van der Waals surface area contributed by atoms with Crippen LogP contribution in [0.1, 0.15) is 46.0 Å². The van der Waals surface area contributed by atoms with Crippen molar-refractivity contribution in [2.45, 2.75) is 46.0 Å². The summed E-state index contributed by atoms with van der Waals surface area (Å²) < 4.78 is 0. The lowest BCUT2D eigenvalue weighted by Crippen LogP contribution is -2.43. The van der Waals surface area contributed by atoms with Gasteiger partial charge in [0.2, 0.25) is 5.91 Å². The Morgan fingerprint density at radius 1 is 1.21 bits per heavy atom. The van der Waals surface area contributed by atoms with Crippen molar-refractivity contribution in [3.8, 4) is 0 Å². The first-order valence-electron chi connectivity index (χ1n) is 7.11. The number of hydrogen-bond donors (Lipinski definition) is 3. The molecule has 5 heteroatoms. The standard InChI is InChI=1S/C14H25NO4/c1-3-14(4-2,9-16)8-15-12(17)10-6-5-7-11(10)13(18)19/h10-11,16H,3-9H2,1-2H3,(H,15,17)(H,18,19)/t10-,11+/m1/s1. The predicted molar refractivity (Wildman–Crippen MR) is 71.6 cm³/mol. The molecule has 0 radical (unpaired) electrons. The van der Waals surface area contributed by atoms with E-state index < -0.39 is 17.8 Å². The number of amides is 1. The molecule has 0 bridgehead atoms. The summed E-state index contributed by atoms with van der Waals surface area (Å²) in [4.78, 5) is 23.2. The fraction of sp³-hybridized carbons (Fsp3) is 0.857. The molecule has 110 valence electrons. The van der Waals surface area contributed by atoms with Crippen molar-refractivity contribution in [2.75, 3.05) is 13.2 Å². The van der Waals surface area contributed by atoms with Crippen molar-refractivity contribution in [3.05, 3.63) is 0 Å². The second-order valence-corrected chi connectivity index (χ2v) is 5.57. The van der Waals surface area contributed by atoms with Crippen LogP contribution in [0.15, 0.2) is 0 Å². The van der Waals surface area contributed by atoms with Gasteiger partial charge in [0.15, 0.2) is 0 Å². The molecule has 5 nitrogen and oxygen atoms in total. The van der Waals surface area contributed by atoms with Gasteiger partial charge in [-0.05, 0) is 25.7 Å². The Balaban J connectivity index is 2.57. The maximum absolute atomic E-state index is 12.1. The molecule has 2 atom stereocenters. The molecule has 1 amide bonds. The molecule has 1 aliphatic carbocycles. The number of carboxylic acids is 1. The average molecular weight is 271 g/mol. The van der Waals surface area contributed by atoms with Gasteiger partial charge in [-0.15, -0.1) is 0 Å². The topological polar surface area (TPSA) is 86.6 Å². The summed E-state index contributed by atoms with van der Waals surface area (Å²) in [6.07, 6.45) is 3.59. The van der Waals surface area contributed by atoms with Gasteiger partial charge in [-0.25, -0.2) is 0 Å². The lowest BCUT2D eigenvalue weighted by atomic mass is 9.83. The minimum Gasteiger partial charge on any atom is -0.481 e. The minimum atomic E-state index is -0.878. The average Bonchev–Trinajstić information content (AvgIpc) is 2.90. The van der Waals surface area contributed by atoms with Crippen LogP contribution in [0.5, 0.6) is 0 Å². The van der Waals surface area contributed by atoms with E-state index in [1.807, 2.05) is 13.8 Å². The molecule has 0 saturated heterocycles. The highest BCUT2D eigenvalue weighted by atomic mass is 16.4. The van der Waals surface area contributed by atoms with Crippen LogP contribution >= 0.6 is 0 Å². The third-order valence-corrected chi connectivity index (χ3v) is 4.64. The smallest absolute Gasteiger partial charge is 0.307 e. The maximum atomic E-state index is 12.1. The summed E-state index contributed by atoms with van der Waals surface area (Å²) in [7, 11) is 0. The van der Waals surface area contributed by atoms with Gasteiger partial charge < -0.3 is 15.5 Å². The number of aliphatic hydroxyl groups is 1. The quantitative estimate of drug-likeness (QED) is 0.653. The van der Waals surface area contributed by atoms with E-state index in [-0.39, 0.29) is 17.9 Å². The molecule has 1 rings (SSSR count). The van der Waals surface area contributed by atoms with Crippen LogP contribution in [0.25, 0.3) is 0 Å². The van der Waals surface area contributed by atoms with E-state index in [1.54, 1.807) is 0 Å². The number of aliphatic hydroxyl groups excluding tert-OH is 1. The lowest BCUT2D eigenvalue weighted by molar-refractivity contribution is -0.146. The summed E-state index contributed by atoms with van der Waals surface area (Å²) in [5, 5.41) is 21.4. The van der Waals surface area contributed by atoms with E-state index in [0.29, 0.717) is 19.4 Å². The number of nitrogens with one attached hydrogen (secondary N) is 1. The Morgan fingerprint density at radius 3 is 2.26 bits per heavy atom. The molecule has 0 spiro atoms. The predicted octanol–water partition coefficient (Wildman–Crippen LogP) is 1.40. The van der Waals surface area contributed by atoms with Gasteiger partial charge in [-0.1, -0.05) is 20.3 Å². The van der Waals surface area contributed by atoms with E-state index in [0.717, 1.165) is 19.3 Å². The van der Waals surface area contributed by atoms with E-state index in [9.17, 15) is 14.7 Å². The number of hydrogen-bond acceptors (Lipinski definition) is 3. The van der Waals surface area contributed by atoms with Gasteiger partial charge in [-0.2, -0.15) is 0 Å². The van der Waals surface area contributed by atoms with Crippen LogP contribution in [0.2, 0.25) is 0 Å². The highest BCUT2D eigenvalue weighted by molar-refractivity contribution is 5.85. The maximum Gasteiger partial charge on any atom is 0.307 e. The summed E-state index contributed by atoms with van der Waals surface area (Å²) in [6.45, 7) is 4.43. The first kappa shape index (κ1) is 16.0. The molecule has 0 aromatic rings. The highest BCUT2D eigenvalue weighted by Gasteiger charge is 2.38. The van der Waals surface area contributed by atoms with Crippen LogP contribution < -0.4 is 5.32 Å². The number of carboxylic acid groups (broad SMARTS) is 1. The van der Waals surface area contributed by atoms with Crippen molar-refractivity contribution in [1.82, 2.24) is 5.32 Å². The molecule has 0 aromatic heterocycles. The fourth-order valence-electron chi connectivity index (χ4n) is 2.75. The molecule has 1 fully saturated rings. The van der Waals surface area contributed by atoms with Crippen molar-refractivity contribution < 1.29 is 19.8 Å². The van der Waals surface area contributed by atoms with Gasteiger partial charge >= 0.3 is 5.97 Å². The monoisotopic (exact) mass is 271 g/mol. The molecular formula is C14H25NO4. The van der Waals surface area contributed by atoms with Crippen LogP contribution in [0.3, 0.4) is 0 Å². The lowest BCUT2D eigenvalue weighted by Gasteiger charge is -2.30. The highest BCUT2D eigenvalue weighted by Crippen LogP contribution is 2.32. The Hall–Kier alpha value is -1.10. The van der Waals surface area contributed by atoms with E-state index in [4.69, 9.17) is 5.11 Å². The zero-order chi connectivity index (χ0) is 14.5. The number of aliphatic carboxylic acids is 1. The number of rotatable bonds is 7. The van der Waals surface area contributed by atoms with Crippen molar-refractivity contribution >= 4 is 11.9 Å². The van der Waals surface area contributed by atoms with Gasteiger partial charge in [-0.3, -0.25) is 9.59 Å². The first-order chi connectivity index (χ1) is 8.99.